The van der Waals surface area contributed by atoms with Gasteiger partial charge in [-0.1, -0.05) is 18.1 Å². The van der Waals surface area contributed by atoms with Crippen molar-refractivity contribution in [2.75, 3.05) is 7.11 Å². The van der Waals surface area contributed by atoms with Gasteiger partial charge in [0.2, 0.25) is 0 Å². The number of rotatable bonds is 5. The third-order valence-electron chi connectivity index (χ3n) is 3.04. The molecular weight excluding hydrogens is 371 g/mol. The molecule has 0 saturated carbocycles. The van der Waals surface area contributed by atoms with Gasteiger partial charge >= 0.3 is 5.97 Å². The van der Waals surface area contributed by atoms with Crippen LogP contribution in [0.3, 0.4) is 0 Å². The lowest BCUT2D eigenvalue weighted by Crippen LogP contribution is -2.27. The summed E-state index contributed by atoms with van der Waals surface area (Å²) in [6.45, 7) is 0.425. The molecule has 4 nitrogen and oxygen atoms in total. The molecule has 5 heteroatoms. The highest BCUT2D eigenvalue weighted by Crippen LogP contribution is 2.20. The Balaban J connectivity index is 1.93. The van der Waals surface area contributed by atoms with E-state index in [0.717, 1.165) is 11.3 Å². The fourth-order valence-electron chi connectivity index (χ4n) is 1.96. The first-order valence-corrected chi connectivity index (χ1v) is 7.36. The van der Waals surface area contributed by atoms with E-state index in [9.17, 15) is 4.79 Å². The van der Waals surface area contributed by atoms with E-state index < -0.39 is 0 Å². The smallest absolute Gasteiger partial charge is 0.306 e. The zero-order chi connectivity index (χ0) is 14.4. The Hall–Kier alpha value is -1.26. The average molecular weight is 386 g/mol. The van der Waals surface area contributed by atoms with Crippen molar-refractivity contribution in [1.29, 1.82) is 0 Å². The summed E-state index contributed by atoms with van der Waals surface area (Å²) >= 11 is 1.96. The van der Waals surface area contributed by atoms with Crippen LogP contribution in [-0.2, 0) is 20.9 Å². The molecule has 0 radical (unpaired) electrons. The predicted molar refractivity (Wildman–Crippen MR) is 82.5 cm³/mol. The van der Waals surface area contributed by atoms with Crippen molar-refractivity contribution < 1.29 is 19.0 Å². The third kappa shape index (κ3) is 4.12. The highest BCUT2D eigenvalue weighted by atomic mass is 127. The number of benzene rings is 1. The number of carbonyl (C=O) groups is 1. The number of hydrogen-bond acceptors (Lipinski definition) is 4. The molecule has 0 aliphatic carbocycles. The normalized spacial score (nSPS) is 18.9. The van der Waals surface area contributed by atoms with Crippen molar-refractivity contribution >= 4 is 28.6 Å². The summed E-state index contributed by atoms with van der Waals surface area (Å²) in [5.74, 6) is 3.58. The number of cyclic esters (lactones) is 1. The van der Waals surface area contributed by atoms with Gasteiger partial charge in [-0.3, -0.25) is 4.79 Å². The molecule has 1 aliphatic heterocycles. The van der Waals surface area contributed by atoms with E-state index in [1.807, 2.05) is 46.9 Å². The number of esters is 1. The van der Waals surface area contributed by atoms with Crippen LogP contribution in [0, 0.1) is 9.85 Å². The highest BCUT2D eigenvalue weighted by molar-refractivity contribution is 14.1. The molecule has 1 heterocycles. The van der Waals surface area contributed by atoms with Gasteiger partial charge in [-0.25, -0.2) is 0 Å². The standard InChI is InChI=1S/C15H15IO4/c1-18-12-4-2-11(3-5-12)10-19-13(8-9-16)14-6-7-15(17)20-14/h2-5,13-14H,6-7,10H2,1H3/t13-,14-/m1/s1. The number of methoxy groups -OCH3 is 1. The minimum atomic E-state index is -0.375. The summed E-state index contributed by atoms with van der Waals surface area (Å²) in [7, 11) is 1.63. The van der Waals surface area contributed by atoms with Crippen LogP contribution in [0.25, 0.3) is 0 Å². The Morgan fingerprint density at radius 1 is 1.45 bits per heavy atom. The molecule has 1 fully saturated rings. The van der Waals surface area contributed by atoms with E-state index in [0.29, 0.717) is 19.4 Å². The molecule has 0 bridgehead atoms. The molecule has 1 aromatic rings. The maximum atomic E-state index is 11.2. The zero-order valence-electron chi connectivity index (χ0n) is 11.1. The van der Waals surface area contributed by atoms with Gasteiger partial charge in [-0.2, -0.15) is 0 Å². The van der Waals surface area contributed by atoms with Crippen LogP contribution in [-0.4, -0.2) is 25.3 Å². The molecule has 0 aromatic heterocycles. The fraction of sp³-hybridized carbons (Fsp3) is 0.400. The highest BCUT2D eigenvalue weighted by Gasteiger charge is 2.30. The van der Waals surface area contributed by atoms with E-state index >= 15 is 0 Å². The van der Waals surface area contributed by atoms with Crippen LogP contribution >= 0.6 is 22.6 Å². The first-order chi connectivity index (χ1) is 9.72. The van der Waals surface area contributed by atoms with Crippen molar-refractivity contribution in [3.05, 3.63) is 29.8 Å². The maximum Gasteiger partial charge on any atom is 0.306 e. The average Bonchev–Trinajstić information content (AvgIpc) is 2.90. The topological polar surface area (TPSA) is 44.8 Å². The summed E-state index contributed by atoms with van der Waals surface area (Å²) in [6, 6.07) is 7.64. The molecule has 0 N–H and O–H groups in total. The molecule has 0 spiro atoms. The lowest BCUT2D eigenvalue weighted by atomic mass is 10.1. The van der Waals surface area contributed by atoms with Crippen molar-refractivity contribution in [2.45, 2.75) is 31.7 Å². The number of carbonyl (C=O) groups excluding carboxylic acids is 1. The number of ether oxygens (including phenoxy) is 3. The molecule has 1 aromatic carbocycles. The van der Waals surface area contributed by atoms with Crippen LogP contribution in [0.15, 0.2) is 24.3 Å². The van der Waals surface area contributed by atoms with Crippen molar-refractivity contribution in [1.82, 2.24) is 0 Å². The Bertz CT molecular complexity index is 515. The van der Waals surface area contributed by atoms with Crippen molar-refractivity contribution in [3.8, 4) is 15.6 Å². The molecule has 20 heavy (non-hydrogen) atoms. The maximum absolute atomic E-state index is 11.2. The molecule has 0 unspecified atom stereocenters. The Morgan fingerprint density at radius 3 is 2.75 bits per heavy atom. The first-order valence-electron chi connectivity index (χ1n) is 6.28. The van der Waals surface area contributed by atoms with Gasteiger partial charge in [0.15, 0.2) is 6.10 Å². The minimum absolute atomic E-state index is 0.177. The molecule has 1 aliphatic rings. The van der Waals surface area contributed by atoms with Gasteiger partial charge in [0.1, 0.15) is 11.9 Å². The largest absolute Gasteiger partial charge is 0.497 e. The Kier molecular flexibility index (Phi) is 5.68. The Labute approximate surface area is 131 Å². The van der Waals surface area contributed by atoms with Crippen LogP contribution in [0.4, 0.5) is 0 Å². The molecule has 2 rings (SSSR count). The van der Waals surface area contributed by atoms with Crippen molar-refractivity contribution in [2.24, 2.45) is 0 Å². The van der Waals surface area contributed by atoms with Gasteiger partial charge in [-0.05, 0) is 28.0 Å². The van der Waals surface area contributed by atoms with E-state index in [2.05, 4.69) is 9.85 Å². The van der Waals surface area contributed by atoms with E-state index in [4.69, 9.17) is 14.2 Å². The molecule has 1 saturated heterocycles. The number of hydrogen-bond donors (Lipinski definition) is 0. The summed E-state index contributed by atoms with van der Waals surface area (Å²) in [6.07, 6.45) is 0.469. The first kappa shape index (κ1) is 15.1. The SMILES string of the molecule is COc1ccc(CO[C@H](C#CI)[C@H]2CCC(=O)O2)cc1. The predicted octanol–water partition coefficient (Wildman–Crippen LogP) is 2.68. The molecular formula is C15H15IO4. The van der Waals surface area contributed by atoms with E-state index in [1.165, 1.54) is 0 Å². The molecule has 0 amide bonds. The zero-order valence-corrected chi connectivity index (χ0v) is 13.3. The van der Waals surface area contributed by atoms with Crippen molar-refractivity contribution in [3.63, 3.8) is 0 Å². The number of halogens is 1. The van der Waals surface area contributed by atoms with Crippen LogP contribution in [0.1, 0.15) is 18.4 Å². The van der Waals surface area contributed by atoms with Gasteiger partial charge in [-0.15, -0.1) is 0 Å². The van der Waals surface area contributed by atoms with Gasteiger partial charge in [0.25, 0.3) is 0 Å². The third-order valence-corrected chi connectivity index (χ3v) is 3.35. The lowest BCUT2D eigenvalue weighted by molar-refractivity contribution is -0.145. The van der Waals surface area contributed by atoms with Crippen LogP contribution < -0.4 is 4.74 Å². The Morgan fingerprint density at radius 2 is 2.20 bits per heavy atom. The molecule has 106 valence electrons. The monoisotopic (exact) mass is 386 g/mol. The summed E-state index contributed by atoms with van der Waals surface area (Å²) < 4.78 is 18.9. The summed E-state index contributed by atoms with van der Waals surface area (Å²) in [5.41, 5.74) is 1.02. The van der Waals surface area contributed by atoms with Crippen LogP contribution in [0.5, 0.6) is 5.75 Å². The summed E-state index contributed by atoms with van der Waals surface area (Å²) in [5, 5.41) is 0. The molecule has 2 atom stereocenters. The summed E-state index contributed by atoms with van der Waals surface area (Å²) in [4.78, 5) is 11.2. The second kappa shape index (κ2) is 7.50. The lowest BCUT2D eigenvalue weighted by Gasteiger charge is -2.18. The quantitative estimate of drug-likeness (QED) is 0.444. The minimum Gasteiger partial charge on any atom is -0.497 e. The second-order valence-corrected chi connectivity index (χ2v) is 4.92. The van der Waals surface area contributed by atoms with Crippen LogP contribution in [0.2, 0.25) is 0 Å². The van der Waals surface area contributed by atoms with E-state index in [-0.39, 0.29) is 18.2 Å². The van der Waals surface area contributed by atoms with Gasteiger partial charge < -0.3 is 14.2 Å². The van der Waals surface area contributed by atoms with Gasteiger partial charge in [0.05, 0.1) is 13.7 Å². The second-order valence-electron chi connectivity index (χ2n) is 4.39. The fourth-order valence-corrected chi connectivity index (χ4v) is 2.27. The van der Waals surface area contributed by atoms with E-state index in [1.54, 1.807) is 7.11 Å². The van der Waals surface area contributed by atoms with Gasteiger partial charge in [0, 0.05) is 29.0 Å².